The molecule has 0 aromatic heterocycles. The Hall–Kier alpha value is -0.0800. The van der Waals surface area contributed by atoms with Gasteiger partial charge in [-0.1, -0.05) is 20.3 Å². The molecule has 0 radical (unpaired) electrons. The summed E-state index contributed by atoms with van der Waals surface area (Å²) in [5.74, 6) is 0.797. The van der Waals surface area contributed by atoms with Crippen LogP contribution in [0.3, 0.4) is 0 Å². The van der Waals surface area contributed by atoms with E-state index < -0.39 is 0 Å². The first kappa shape index (κ1) is 10.0. The van der Waals surface area contributed by atoms with Gasteiger partial charge in [-0.05, 0) is 25.8 Å². The average molecular weight is 170 g/mol. The number of nitrogens with one attached hydrogen (secondary N) is 2. The second-order valence-electron chi connectivity index (χ2n) is 4.03. The van der Waals surface area contributed by atoms with Gasteiger partial charge in [-0.3, -0.25) is 0 Å². The summed E-state index contributed by atoms with van der Waals surface area (Å²) in [5.41, 5.74) is 0. The molecule has 3 atom stereocenters. The zero-order valence-electron chi connectivity index (χ0n) is 8.56. The van der Waals surface area contributed by atoms with Crippen LogP contribution in [0, 0.1) is 5.92 Å². The maximum Gasteiger partial charge on any atom is 0.0207 e. The van der Waals surface area contributed by atoms with Gasteiger partial charge < -0.3 is 10.6 Å². The number of rotatable bonds is 4. The summed E-state index contributed by atoms with van der Waals surface area (Å²) in [6, 6.07) is 1.38. The molecule has 0 aromatic carbocycles. The van der Waals surface area contributed by atoms with Gasteiger partial charge in [0.25, 0.3) is 0 Å². The molecule has 2 nitrogen and oxygen atoms in total. The highest BCUT2D eigenvalue weighted by Gasteiger charge is 2.18. The zero-order chi connectivity index (χ0) is 8.97. The standard InChI is InChI=1S/C10H22N2/c1-4-8(2)9(3)12-10-5-6-11-7-10/h8-12H,4-7H2,1-3H3. The van der Waals surface area contributed by atoms with Crippen molar-refractivity contribution < 1.29 is 0 Å². The topological polar surface area (TPSA) is 24.1 Å². The van der Waals surface area contributed by atoms with E-state index in [1.165, 1.54) is 19.4 Å². The first-order chi connectivity index (χ1) is 5.74. The van der Waals surface area contributed by atoms with Crippen molar-refractivity contribution in [2.45, 2.75) is 45.7 Å². The van der Waals surface area contributed by atoms with Gasteiger partial charge in [0.1, 0.15) is 0 Å². The molecule has 0 aromatic rings. The minimum absolute atomic E-state index is 0.667. The molecular formula is C10H22N2. The van der Waals surface area contributed by atoms with E-state index in [9.17, 15) is 0 Å². The predicted octanol–water partition coefficient (Wildman–Crippen LogP) is 1.37. The van der Waals surface area contributed by atoms with Crippen molar-refractivity contribution in [1.29, 1.82) is 0 Å². The van der Waals surface area contributed by atoms with Gasteiger partial charge in [-0.2, -0.15) is 0 Å². The van der Waals surface area contributed by atoms with Crippen molar-refractivity contribution in [2.24, 2.45) is 5.92 Å². The molecule has 0 spiro atoms. The second kappa shape index (κ2) is 4.83. The fourth-order valence-corrected chi connectivity index (χ4v) is 1.69. The Bertz CT molecular complexity index is 119. The lowest BCUT2D eigenvalue weighted by molar-refractivity contribution is 0.356. The van der Waals surface area contributed by atoms with Crippen molar-refractivity contribution in [2.75, 3.05) is 13.1 Å². The van der Waals surface area contributed by atoms with Crippen LogP contribution in [0.5, 0.6) is 0 Å². The lowest BCUT2D eigenvalue weighted by atomic mass is 10.00. The third-order valence-corrected chi connectivity index (χ3v) is 3.06. The van der Waals surface area contributed by atoms with Crippen LogP contribution in [-0.2, 0) is 0 Å². The Balaban J connectivity index is 2.19. The number of hydrogen-bond acceptors (Lipinski definition) is 2. The molecule has 0 bridgehead atoms. The van der Waals surface area contributed by atoms with Gasteiger partial charge in [0.05, 0.1) is 0 Å². The highest BCUT2D eigenvalue weighted by Crippen LogP contribution is 2.09. The Labute approximate surface area is 76.1 Å². The Morgan fingerprint density at radius 2 is 2.25 bits per heavy atom. The quantitative estimate of drug-likeness (QED) is 0.666. The SMILES string of the molecule is CCC(C)C(C)NC1CCNC1. The molecule has 2 heteroatoms. The summed E-state index contributed by atoms with van der Waals surface area (Å²) in [5, 5.41) is 7.04. The molecule has 1 heterocycles. The molecule has 1 fully saturated rings. The smallest absolute Gasteiger partial charge is 0.0207 e. The van der Waals surface area contributed by atoms with E-state index in [4.69, 9.17) is 0 Å². The molecular weight excluding hydrogens is 148 g/mol. The second-order valence-corrected chi connectivity index (χ2v) is 4.03. The van der Waals surface area contributed by atoms with Crippen LogP contribution in [0.2, 0.25) is 0 Å². The van der Waals surface area contributed by atoms with E-state index in [2.05, 4.69) is 31.4 Å². The average Bonchev–Trinajstić information content (AvgIpc) is 2.55. The van der Waals surface area contributed by atoms with Crippen molar-refractivity contribution >= 4 is 0 Å². The number of hydrogen-bond donors (Lipinski definition) is 2. The summed E-state index contributed by atoms with van der Waals surface area (Å²) in [6.45, 7) is 9.22. The van der Waals surface area contributed by atoms with E-state index >= 15 is 0 Å². The highest BCUT2D eigenvalue weighted by molar-refractivity contribution is 4.81. The minimum atomic E-state index is 0.667. The van der Waals surface area contributed by atoms with Crippen LogP contribution < -0.4 is 10.6 Å². The normalized spacial score (nSPS) is 28.8. The third kappa shape index (κ3) is 2.76. The predicted molar refractivity (Wildman–Crippen MR) is 53.3 cm³/mol. The minimum Gasteiger partial charge on any atom is -0.315 e. The van der Waals surface area contributed by atoms with Crippen LogP contribution in [0.4, 0.5) is 0 Å². The Kier molecular flexibility index (Phi) is 4.02. The maximum absolute atomic E-state index is 3.67. The molecule has 0 aliphatic carbocycles. The van der Waals surface area contributed by atoms with Crippen LogP contribution in [-0.4, -0.2) is 25.2 Å². The molecule has 1 aliphatic heterocycles. The van der Waals surface area contributed by atoms with Gasteiger partial charge >= 0.3 is 0 Å². The first-order valence-electron chi connectivity index (χ1n) is 5.20. The van der Waals surface area contributed by atoms with E-state index in [-0.39, 0.29) is 0 Å². The third-order valence-electron chi connectivity index (χ3n) is 3.06. The first-order valence-corrected chi connectivity index (χ1v) is 5.20. The van der Waals surface area contributed by atoms with Gasteiger partial charge in [0, 0.05) is 18.6 Å². The van der Waals surface area contributed by atoms with Crippen molar-refractivity contribution in [3.05, 3.63) is 0 Å². The van der Waals surface area contributed by atoms with E-state index in [0.29, 0.717) is 12.1 Å². The summed E-state index contributed by atoms with van der Waals surface area (Å²) in [4.78, 5) is 0. The van der Waals surface area contributed by atoms with Crippen molar-refractivity contribution in [3.63, 3.8) is 0 Å². The molecule has 2 N–H and O–H groups in total. The monoisotopic (exact) mass is 170 g/mol. The van der Waals surface area contributed by atoms with E-state index in [0.717, 1.165) is 12.5 Å². The van der Waals surface area contributed by atoms with Crippen LogP contribution >= 0.6 is 0 Å². The van der Waals surface area contributed by atoms with Crippen molar-refractivity contribution in [3.8, 4) is 0 Å². The molecule has 0 amide bonds. The Morgan fingerprint density at radius 1 is 1.50 bits per heavy atom. The largest absolute Gasteiger partial charge is 0.315 e. The highest BCUT2D eigenvalue weighted by atomic mass is 15.0. The van der Waals surface area contributed by atoms with Gasteiger partial charge in [0.2, 0.25) is 0 Å². The van der Waals surface area contributed by atoms with Crippen LogP contribution in [0.15, 0.2) is 0 Å². The van der Waals surface area contributed by atoms with Crippen molar-refractivity contribution in [1.82, 2.24) is 10.6 Å². The molecule has 3 unspecified atom stereocenters. The molecule has 72 valence electrons. The van der Waals surface area contributed by atoms with Gasteiger partial charge in [-0.25, -0.2) is 0 Å². The van der Waals surface area contributed by atoms with E-state index in [1.807, 2.05) is 0 Å². The lowest BCUT2D eigenvalue weighted by Crippen LogP contribution is -2.41. The summed E-state index contributed by atoms with van der Waals surface area (Å²) < 4.78 is 0. The molecule has 1 aliphatic rings. The molecule has 1 rings (SSSR count). The summed E-state index contributed by atoms with van der Waals surface area (Å²) in [6.07, 6.45) is 2.56. The molecule has 1 saturated heterocycles. The van der Waals surface area contributed by atoms with Gasteiger partial charge in [-0.15, -0.1) is 0 Å². The Morgan fingerprint density at radius 3 is 2.75 bits per heavy atom. The van der Waals surface area contributed by atoms with Crippen LogP contribution in [0.25, 0.3) is 0 Å². The fourth-order valence-electron chi connectivity index (χ4n) is 1.69. The lowest BCUT2D eigenvalue weighted by Gasteiger charge is -2.23. The molecule has 0 saturated carbocycles. The maximum atomic E-state index is 3.67. The van der Waals surface area contributed by atoms with Gasteiger partial charge in [0.15, 0.2) is 0 Å². The molecule has 12 heavy (non-hydrogen) atoms. The summed E-state index contributed by atoms with van der Waals surface area (Å²) in [7, 11) is 0. The zero-order valence-corrected chi connectivity index (χ0v) is 8.56. The summed E-state index contributed by atoms with van der Waals surface area (Å²) >= 11 is 0. The van der Waals surface area contributed by atoms with E-state index in [1.54, 1.807) is 0 Å². The fraction of sp³-hybridized carbons (Fsp3) is 1.00. The van der Waals surface area contributed by atoms with Crippen LogP contribution in [0.1, 0.15) is 33.6 Å².